The summed E-state index contributed by atoms with van der Waals surface area (Å²) in [4.78, 5) is 12.8. The van der Waals surface area contributed by atoms with Gasteiger partial charge in [0.05, 0.1) is 24.8 Å². The molecule has 0 unspecified atom stereocenters. The van der Waals surface area contributed by atoms with Gasteiger partial charge in [0.15, 0.2) is 11.5 Å². The summed E-state index contributed by atoms with van der Waals surface area (Å²) < 4.78 is 51.7. The fourth-order valence-electron chi connectivity index (χ4n) is 3.32. The molecule has 1 N–H and O–H groups in total. The fraction of sp³-hybridized carbons (Fsp3) is 0.240. The van der Waals surface area contributed by atoms with Gasteiger partial charge in [0.25, 0.3) is 10.0 Å². The van der Waals surface area contributed by atoms with Crippen LogP contribution in [0.5, 0.6) is 11.5 Å². The van der Waals surface area contributed by atoms with Gasteiger partial charge in [0, 0.05) is 12.6 Å². The number of nitrogens with one attached hydrogen (secondary N) is 1. The standard InChI is InChI=1S/C25H27FN2O5S/c1-18-4-11-22(12-5-18)34(30,31)28(21-10-13-23(32-2)24(16-21)33-3)17-25(29)27-15-14-19-6-8-20(26)9-7-19/h4-13,16H,14-15,17H2,1-3H3,(H,27,29). The number of sulfonamides is 1. The summed E-state index contributed by atoms with van der Waals surface area (Å²) in [6.45, 7) is 1.70. The van der Waals surface area contributed by atoms with E-state index in [0.29, 0.717) is 17.9 Å². The quantitative estimate of drug-likeness (QED) is 0.472. The highest BCUT2D eigenvalue weighted by Crippen LogP contribution is 2.33. The van der Waals surface area contributed by atoms with E-state index in [1.54, 1.807) is 36.4 Å². The van der Waals surface area contributed by atoms with E-state index >= 15 is 0 Å². The molecule has 0 aromatic heterocycles. The van der Waals surface area contributed by atoms with Crippen LogP contribution >= 0.6 is 0 Å². The molecule has 0 radical (unpaired) electrons. The zero-order valence-corrected chi connectivity index (χ0v) is 20.1. The highest BCUT2D eigenvalue weighted by atomic mass is 32.2. The molecular weight excluding hydrogens is 459 g/mol. The van der Waals surface area contributed by atoms with Crippen LogP contribution in [-0.4, -0.2) is 41.6 Å². The molecular formula is C25H27FN2O5S. The van der Waals surface area contributed by atoms with Crippen molar-refractivity contribution in [1.82, 2.24) is 5.32 Å². The monoisotopic (exact) mass is 486 g/mol. The molecule has 0 saturated carbocycles. The average Bonchev–Trinajstić information content (AvgIpc) is 2.83. The first-order valence-corrected chi connectivity index (χ1v) is 12.0. The third-order valence-electron chi connectivity index (χ3n) is 5.20. The minimum Gasteiger partial charge on any atom is -0.493 e. The third kappa shape index (κ3) is 6.05. The molecule has 0 heterocycles. The second kappa shape index (κ2) is 11.0. The van der Waals surface area contributed by atoms with E-state index in [9.17, 15) is 17.6 Å². The molecule has 0 saturated heterocycles. The van der Waals surface area contributed by atoms with Crippen molar-refractivity contribution in [3.05, 3.63) is 83.7 Å². The number of amides is 1. The van der Waals surface area contributed by atoms with Crippen LogP contribution in [0.1, 0.15) is 11.1 Å². The Morgan fingerprint density at radius 3 is 2.21 bits per heavy atom. The van der Waals surface area contributed by atoms with Crippen LogP contribution in [0.4, 0.5) is 10.1 Å². The Balaban J connectivity index is 1.84. The Bertz CT molecular complexity index is 1230. The number of carbonyl (C=O) groups excluding carboxylic acids is 1. The molecule has 0 atom stereocenters. The first kappa shape index (κ1) is 25.0. The van der Waals surface area contributed by atoms with Crippen molar-refractivity contribution < 1.29 is 27.1 Å². The SMILES string of the molecule is COc1ccc(N(CC(=O)NCCc2ccc(F)cc2)S(=O)(=O)c2ccc(C)cc2)cc1OC. The van der Waals surface area contributed by atoms with Crippen LogP contribution in [0.25, 0.3) is 0 Å². The number of methoxy groups -OCH3 is 2. The molecule has 3 aromatic rings. The normalized spacial score (nSPS) is 11.1. The molecule has 0 bridgehead atoms. The van der Waals surface area contributed by atoms with Gasteiger partial charge in [0.1, 0.15) is 12.4 Å². The van der Waals surface area contributed by atoms with Crippen molar-refractivity contribution in [2.45, 2.75) is 18.2 Å². The summed E-state index contributed by atoms with van der Waals surface area (Å²) in [5.74, 6) is -0.0456. The van der Waals surface area contributed by atoms with E-state index in [-0.39, 0.29) is 22.9 Å². The van der Waals surface area contributed by atoms with Crippen LogP contribution in [0, 0.1) is 12.7 Å². The van der Waals surface area contributed by atoms with Gasteiger partial charge in [-0.05, 0) is 55.3 Å². The van der Waals surface area contributed by atoms with Gasteiger partial charge in [0.2, 0.25) is 5.91 Å². The van der Waals surface area contributed by atoms with E-state index in [2.05, 4.69) is 5.32 Å². The number of aryl methyl sites for hydroxylation is 1. The number of rotatable bonds is 10. The zero-order chi connectivity index (χ0) is 24.7. The summed E-state index contributed by atoms with van der Waals surface area (Å²) in [5, 5.41) is 2.74. The largest absolute Gasteiger partial charge is 0.493 e. The maximum Gasteiger partial charge on any atom is 0.264 e. The molecule has 0 fully saturated rings. The van der Waals surface area contributed by atoms with Gasteiger partial charge in [-0.25, -0.2) is 12.8 Å². The van der Waals surface area contributed by atoms with Crippen LogP contribution in [0.15, 0.2) is 71.6 Å². The number of hydrogen-bond donors (Lipinski definition) is 1. The molecule has 180 valence electrons. The number of halogens is 1. The lowest BCUT2D eigenvalue weighted by molar-refractivity contribution is -0.119. The van der Waals surface area contributed by atoms with E-state index in [4.69, 9.17) is 9.47 Å². The summed E-state index contributed by atoms with van der Waals surface area (Å²) in [5.41, 5.74) is 2.02. The average molecular weight is 487 g/mol. The molecule has 1 amide bonds. The molecule has 0 aliphatic rings. The van der Waals surface area contributed by atoms with E-state index in [1.165, 1.54) is 44.6 Å². The minimum absolute atomic E-state index is 0.0620. The van der Waals surface area contributed by atoms with Crippen LogP contribution in [0.3, 0.4) is 0 Å². The predicted molar refractivity (Wildman–Crippen MR) is 128 cm³/mol. The molecule has 9 heteroatoms. The van der Waals surface area contributed by atoms with E-state index in [1.807, 2.05) is 6.92 Å². The number of ether oxygens (including phenoxy) is 2. The Morgan fingerprint density at radius 2 is 1.59 bits per heavy atom. The van der Waals surface area contributed by atoms with Gasteiger partial charge in [-0.3, -0.25) is 9.10 Å². The molecule has 34 heavy (non-hydrogen) atoms. The maximum absolute atomic E-state index is 13.5. The molecule has 0 spiro atoms. The van der Waals surface area contributed by atoms with Crippen molar-refractivity contribution in [1.29, 1.82) is 0 Å². The highest BCUT2D eigenvalue weighted by molar-refractivity contribution is 7.92. The first-order valence-electron chi connectivity index (χ1n) is 10.6. The summed E-state index contributed by atoms with van der Waals surface area (Å²) >= 11 is 0. The van der Waals surface area contributed by atoms with Gasteiger partial charge < -0.3 is 14.8 Å². The molecule has 7 nitrogen and oxygen atoms in total. The Kier molecular flexibility index (Phi) is 8.12. The number of benzene rings is 3. The maximum atomic E-state index is 13.5. The Morgan fingerprint density at radius 1 is 0.941 bits per heavy atom. The zero-order valence-electron chi connectivity index (χ0n) is 19.2. The van der Waals surface area contributed by atoms with E-state index < -0.39 is 22.5 Å². The summed E-state index contributed by atoms with van der Waals surface area (Å²) in [6.07, 6.45) is 0.479. The number of carbonyl (C=O) groups is 1. The molecule has 0 aliphatic heterocycles. The summed E-state index contributed by atoms with van der Waals surface area (Å²) in [6, 6.07) is 17.0. The van der Waals surface area contributed by atoms with Crippen molar-refractivity contribution in [3.8, 4) is 11.5 Å². The second-order valence-electron chi connectivity index (χ2n) is 7.59. The van der Waals surface area contributed by atoms with Gasteiger partial charge in [-0.1, -0.05) is 29.8 Å². The Labute approximate surface area is 199 Å². The Hall–Kier alpha value is -3.59. The number of anilines is 1. The van der Waals surface area contributed by atoms with Crippen molar-refractivity contribution in [2.24, 2.45) is 0 Å². The number of hydrogen-bond acceptors (Lipinski definition) is 5. The fourth-order valence-corrected chi connectivity index (χ4v) is 4.73. The van der Waals surface area contributed by atoms with Crippen LogP contribution < -0.4 is 19.1 Å². The van der Waals surface area contributed by atoms with Gasteiger partial charge in [-0.2, -0.15) is 0 Å². The van der Waals surface area contributed by atoms with Crippen molar-refractivity contribution >= 4 is 21.6 Å². The lowest BCUT2D eigenvalue weighted by Crippen LogP contribution is -2.41. The third-order valence-corrected chi connectivity index (χ3v) is 6.99. The molecule has 3 rings (SSSR count). The second-order valence-corrected chi connectivity index (χ2v) is 9.45. The lowest BCUT2D eigenvalue weighted by Gasteiger charge is -2.25. The highest BCUT2D eigenvalue weighted by Gasteiger charge is 2.28. The lowest BCUT2D eigenvalue weighted by atomic mass is 10.1. The van der Waals surface area contributed by atoms with Crippen LogP contribution in [0.2, 0.25) is 0 Å². The van der Waals surface area contributed by atoms with Crippen molar-refractivity contribution in [2.75, 3.05) is 31.6 Å². The minimum atomic E-state index is -4.06. The predicted octanol–water partition coefficient (Wildman–Crippen LogP) is 3.71. The van der Waals surface area contributed by atoms with E-state index in [0.717, 1.165) is 15.4 Å². The first-order chi connectivity index (χ1) is 16.2. The topological polar surface area (TPSA) is 84.9 Å². The van der Waals surface area contributed by atoms with Gasteiger partial charge in [-0.15, -0.1) is 0 Å². The molecule has 3 aromatic carbocycles. The molecule has 0 aliphatic carbocycles. The van der Waals surface area contributed by atoms with Crippen LogP contribution in [-0.2, 0) is 21.2 Å². The summed E-state index contributed by atoms with van der Waals surface area (Å²) in [7, 11) is -1.13. The smallest absolute Gasteiger partial charge is 0.264 e. The van der Waals surface area contributed by atoms with Crippen molar-refractivity contribution in [3.63, 3.8) is 0 Å². The number of nitrogens with zero attached hydrogens (tertiary/aromatic N) is 1. The van der Waals surface area contributed by atoms with Gasteiger partial charge >= 0.3 is 0 Å².